The number of amides is 3. The van der Waals surface area contributed by atoms with E-state index in [1.165, 1.54) is 4.90 Å². The zero-order chi connectivity index (χ0) is 16.5. The van der Waals surface area contributed by atoms with Crippen LogP contribution < -0.4 is 9.74 Å². The SMILES string of the molecule is O=C1CN(c2ccccc2)C(=O)N1Oc1ccnc2ccccc12. The minimum Gasteiger partial charge on any atom is -0.367 e. The van der Waals surface area contributed by atoms with Crippen LogP contribution in [0, 0.1) is 0 Å². The number of aromatic nitrogens is 1. The van der Waals surface area contributed by atoms with Gasteiger partial charge in [0.2, 0.25) is 0 Å². The molecule has 0 N–H and O–H groups in total. The average molecular weight is 319 g/mol. The smallest absolute Gasteiger partial charge is 0.365 e. The van der Waals surface area contributed by atoms with Gasteiger partial charge in [-0.25, -0.2) is 4.79 Å². The topological polar surface area (TPSA) is 62.7 Å². The standard InChI is InChI=1S/C18H13N3O3/c22-17-12-20(13-6-2-1-3-7-13)18(23)21(17)24-16-10-11-19-15-9-5-4-8-14(15)16/h1-11H,12H2. The maximum atomic E-state index is 12.5. The Morgan fingerprint density at radius 1 is 0.917 bits per heavy atom. The number of rotatable bonds is 3. The summed E-state index contributed by atoms with van der Waals surface area (Å²) < 4.78 is 0. The summed E-state index contributed by atoms with van der Waals surface area (Å²) in [6.07, 6.45) is 1.58. The summed E-state index contributed by atoms with van der Waals surface area (Å²) in [5.41, 5.74) is 1.38. The van der Waals surface area contributed by atoms with Gasteiger partial charge < -0.3 is 4.84 Å². The van der Waals surface area contributed by atoms with Gasteiger partial charge in [-0.05, 0) is 24.3 Å². The van der Waals surface area contributed by atoms with E-state index in [9.17, 15) is 9.59 Å². The summed E-state index contributed by atoms with van der Waals surface area (Å²) in [6, 6.07) is 17.5. The van der Waals surface area contributed by atoms with Gasteiger partial charge in [0, 0.05) is 23.3 Å². The maximum Gasteiger partial charge on any atom is 0.365 e. The van der Waals surface area contributed by atoms with E-state index in [1.807, 2.05) is 42.5 Å². The van der Waals surface area contributed by atoms with Crippen LogP contribution in [0.2, 0.25) is 0 Å². The molecule has 2 heterocycles. The Morgan fingerprint density at radius 2 is 1.67 bits per heavy atom. The van der Waals surface area contributed by atoms with Crippen LogP contribution in [-0.4, -0.2) is 28.5 Å². The molecule has 3 amide bonds. The van der Waals surface area contributed by atoms with Gasteiger partial charge in [0.15, 0.2) is 5.75 Å². The number of imide groups is 1. The molecule has 3 aromatic rings. The van der Waals surface area contributed by atoms with Crippen LogP contribution in [0.25, 0.3) is 10.9 Å². The van der Waals surface area contributed by atoms with Crippen molar-refractivity contribution in [3.63, 3.8) is 0 Å². The molecule has 0 spiro atoms. The first kappa shape index (κ1) is 14.2. The molecule has 0 aliphatic carbocycles. The molecule has 6 nitrogen and oxygen atoms in total. The van der Waals surface area contributed by atoms with Gasteiger partial charge in [0.25, 0.3) is 5.91 Å². The normalized spacial score (nSPS) is 14.5. The highest BCUT2D eigenvalue weighted by molar-refractivity contribution is 6.11. The highest BCUT2D eigenvalue weighted by Gasteiger charge is 2.39. The van der Waals surface area contributed by atoms with Crippen LogP contribution in [0.5, 0.6) is 5.75 Å². The van der Waals surface area contributed by atoms with Crippen molar-refractivity contribution in [3.8, 4) is 5.75 Å². The number of hydrogen-bond acceptors (Lipinski definition) is 4. The van der Waals surface area contributed by atoms with E-state index in [-0.39, 0.29) is 6.54 Å². The van der Waals surface area contributed by atoms with Gasteiger partial charge in [-0.3, -0.25) is 14.7 Å². The Kier molecular flexibility index (Phi) is 3.35. The molecular formula is C18H13N3O3. The lowest BCUT2D eigenvalue weighted by atomic mass is 10.2. The molecule has 2 aromatic carbocycles. The Bertz CT molecular complexity index is 922. The van der Waals surface area contributed by atoms with Crippen LogP contribution in [0.1, 0.15) is 0 Å². The Hall–Kier alpha value is -3.41. The average Bonchev–Trinajstić information content (AvgIpc) is 2.91. The zero-order valence-corrected chi connectivity index (χ0v) is 12.6. The quantitative estimate of drug-likeness (QED) is 0.696. The van der Waals surface area contributed by atoms with Gasteiger partial charge in [-0.1, -0.05) is 35.4 Å². The number of hydrogen-bond donors (Lipinski definition) is 0. The summed E-state index contributed by atoms with van der Waals surface area (Å²) in [7, 11) is 0. The monoisotopic (exact) mass is 319 g/mol. The van der Waals surface area contributed by atoms with Crippen LogP contribution >= 0.6 is 0 Å². The number of anilines is 1. The van der Waals surface area contributed by atoms with Crippen molar-refractivity contribution in [2.45, 2.75) is 0 Å². The molecule has 1 fully saturated rings. The molecule has 1 saturated heterocycles. The van der Waals surface area contributed by atoms with Crippen molar-refractivity contribution in [3.05, 3.63) is 66.9 Å². The highest BCUT2D eigenvalue weighted by Crippen LogP contribution is 2.27. The van der Waals surface area contributed by atoms with Gasteiger partial charge in [-0.2, -0.15) is 0 Å². The van der Waals surface area contributed by atoms with Gasteiger partial charge >= 0.3 is 6.03 Å². The molecule has 0 atom stereocenters. The number of nitrogens with zero attached hydrogens (tertiary/aromatic N) is 3. The van der Waals surface area contributed by atoms with E-state index in [0.29, 0.717) is 11.4 Å². The summed E-state index contributed by atoms with van der Waals surface area (Å²) in [5.74, 6) is 0.00181. The predicted molar refractivity (Wildman–Crippen MR) is 88.4 cm³/mol. The number of fused-ring (bicyclic) bond motifs is 1. The van der Waals surface area contributed by atoms with Crippen molar-refractivity contribution in [1.29, 1.82) is 0 Å². The Labute approximate surface area is 137 Å². The number of para-hydroxylation sites is 2. The molecular weight excluding hydrogens is 306 g/mol. The second-order valence-electron chi connectivity index (χ2n) is 5.31. The van der Waals surface area contributed by atoms with E-state index in [4.69, 9.17) is 4.84 Å². The van der Waals surface area contributed by atoms with Crippen LogP contribution in [0.3, 0.4) is 0 Å². The van der Waals surface area contributed by atoms with Crippen molar-refractivity contribution >= 4 is 28.5 Å². The fraction of sp³-hybridized carbons (Fsp3) is 0.0556. The Balaban J connectivity index is 1.65. The van der Waals surface area contributed by atoms with Crippen LogP contribution in [0.15, 0.2) is 66.9 Å². The number of benzene rings is 2. The minimum absolute atomic E-state index is 0.0497. The second kappa shape index (κ2) is 5.66. The fourth-order valence-electron chi connectivity index (χ4n) is 2.63. The molecule has 1 aromatic heterocycles. The molecule has 6 heteroatoms. The van der Waals surface area contributed by atoms with Crippen molar-refractivity contribution in [2.24, 2.45) is 0 Å². The first-order valence-corrected chi connectivity index (χ1v) is 7.45. The van der Waals surface area contributed by atoms with E-state index >= 15 is 0 Å². The third-order valence-electron chi connectivity index (χ3n) is 3.79. The van der Waals surface area contributed by atoms with Gasteiger partial charge in [0.1, 0.15) is 6.54 Å². The Morgan fingerprint density at radius 3 is 2.50 bits per heavy atom. The minimum atomic E-state index is -0.507. The van der Waals surface area contributed by atoms with Crippen molar-refractivity contribution < 1.29 is 14.4 Å². The first-order valence-electron chi connectivity index (χ1n) is 7.45. The largest absolute Gasteiger partial charge is 0.367 e. The third-order valence-corrected chi connectivity index (χ3v) is 3.79. The van der Waals surface area contributed by atoms with Crippen molar-refractivity contribution in [1.82, 2.24) is 10.0 Å². The number of pyridine rings is 1. The molecule has 1 aliphatic heterocycles. The van der Waals surface area contributed by atoms with Crippen molar-refractivity contribution in [2.75, 3.05) is 11.4 Å². The summed E-state index contributed by atoms with van der Waals surface area (Å²) in [4.78, 5) is 36.0. The van der Waals surface area contributed by atoms with E-state index in [0.717, 1.165) is 16.0 Å². The lowest BCUT2D eigenvalue weighted by molar-refractivity contribution is -0.141. The lowest BCUT2D eigenvalue weighted by Gasteiger charge is -2.17. The van der Waals surface area contributed by atoms with Gasteiger partial charge in [0.05, 0.1) is 5.52 Å². The summed E-state index contributed by atoms with van der Waals surface area (Å²) >= 11 is 0. The second-order valence-corrected chi connectivity index (χ2v) is 5.31. The maximum absolute atomic E-state index is 12.5. The highest BCUT2D eigenvalue weighted by atomic mass is 16.7. The predicted octanol–water partition coefficient (Wildman–Crippen LogP) is 3.00. The molecule has 4 rings (SSSR count). The van der Waals surface area contributed by atoms with E-state index < -0.39 is 11.9 Å². The summed E-state index contributed by atoms with van der Waals surface area (Å²) in [5, 5.41) is 1.54. The molecule has 24 heavy (non-hydrogen) atoms. The summed E-state index contributed by atoms with van der Waals surface area (Å²) in [6.45, 7) is -0.0497. The number of hydroxylamine groups is 2. The van der Waals surface area contributed by atoms with Gasteiger partial charge in [-0.15, -0.1) is 0 Å². The number of carbonyl (C=O) groups is 2. The molecule has 0 saturated carbocycles. The molecule has 0 unspecified atom stereocenters. The van der Waals surface area contributed by atoms with Crippen LogP contribution in [0.4, 0.5) is 10.5 Å². The zero-order valence-electron chi connectivity index (χ0n) is 12.6. The third kappa shape index (κ3) is 2.34. The van der Waals surface area contributed by atoms with E-state index in [2.05, 4.69) is 4.98 Å². The molecule has 1 aliphatic rings. The fourth-order valence-corrected chi connectivity index (χ4v) is 2.63. The molecule has 0 bridgehead atoms. The van der Waals surface area contributed by atoms with Crippen LogP contribution in [-0.2, 0) is 4.79 Å². The first-order chi connectivity index (χ1) is 11.7. The molecule has 0 radical (unpaired) electrons. The number of urea groups is 1. The molecule has 118 valence electrons. The van der Waals surface area contributed by atoms with E-state index in [1.54, 1.807) is 24.4 Å². The lowest BCUT2D eigenvalue weighted by Crippen LogP contribution is -2.35. The number of carbonyl (C=O) groups excluding carboxylic acids is 2.